The van der Waals surface area contributed by atoms with Gasteiger partial charge in [-0.1, -0.05) is 26.2 Å². The van der Waals surface area contributed by atoms with Gasteiger partial charge < -0.3 is 29.8 Å². The van der Waals surface area contributed by atoms with Gasteiger partial charge in [0.1, 0.15) is 11.3 Å². The Kier molecular flexibility index (Phi) is 8.48. The van der Waals surface area contributed by atoms with Crippen LogP contribution in [0.4, 0.5) is 0 Å². The summed E-state index contributed by atoms with van der Waals surface area (Å²) in [5.74, 6) is -0.730. The number of hydrogen-bond donors (Lipinski definition) is 3. The standard InChI is InChI=1S/C27H35N3O7/c1-2-5-18-12-26(34)37-22-13-20(7-8-21(18)22)36-17-24(32)28-14-23(31)29-15-25(33)30-11-10-27(35)9-4-3-6-19(27)16-30/h7-8,12-13,19,35H,2-6,9-11,14-17H2,1H3,(H,28,32)(H,29,31)/t19-,27-/m0/s1. The average Bonchev–Trinajstić information content (AvgIpc) is 2.88. The number of carbonyl (C=O) groups excluding carboxylic acids is 3. The van der Waals surface area contributed by atoms with E-state index in [9.17, 15) is 24.3 Å². The SMILES string of the molecule is CCCc1cc(=O)oc2cc(OCC(=O)NCC(=O)NCC(=O)N3CC[C@@]4(O)CCCC[C@H]4C3)ccc12. The molecule has 1 saturated carbocycles. The molecule has 0 radical (unpaired) electrons. The molecule has 4 rings (SSSR count). The summed E-state index contributed by atoms with van der Waals surface area (Å²) in [5, 5.41) is 16.6. The molecule has 10 nitrogen and oxygen atoms in total. The number of nitrogens with zero attached hydrogens (tertiary/aromatic N) is 1. The first-order chi connectivity index (χ1) is 17.8. The summed E-state index contributed by atoms with van der Waals surface area (Å²) >= 11 is 0. The molecule has 2 atom stereocenters. The highest BCUT2D eigenvalue weighted by Gasteiger charge is 2.43. The summed E-state index contributed by atoms with van der Waals surface area (Å²) in [7, 11) is 0. The largest absolute Gasteiger partial charge is 0.484 e. The Balaban J connectivity index is 1.18. The summed E-state index contributed by atoms with van der Waals surface area (Å²) in [6.07, 6.45) is 5.99. The number of rotatable bonds is 9. The highest BCUT2D eigenvalue weighted by Crippen LogP contribution is 2.39. The fourth-order valence-corrected chi connectivity index (χ4v) is 5.30. The molecule has 1 aliphatic heterocycles. The minimum atomic E-state index is -0.663. The van der Waals surface area contributed by atoms with Gasteiger partial charge >= 0.3 is 5.63 Å². The van der Waals surface area contributed by atoms with Crippen molar-refractivity contribution in [2.24, 2.45) is 5.92 Å². The van der Waals surface area contributed by atoms with E-state index in [1.54, 1.807) is 23.1 Å². The average molecular weight is 514 g/mol. The number of aryl methyl sites for hydroxylation is 1. The Morgan fingerprint density at radius 3 is 2.76 bits per heavy atom. The van der Waals surface area contributed by atoms with Crippen molar-refractivity contribution in [1.29, 1.82) is 0 Å². The molecule has 0 bridgehead atoms. The minimum Gasteiger partial charge on any atom is -0.484 e. The maximum absolute atomic E-state index is 12.5. The number of hydrogen-bond acceptors (Lipinski definition) is 7. The van der Waals surface area contributed by atoms with Gasteiger partial charge in [-0.2, -0.15) is 0 Å². The molecule has 3 N–H and O–H groups in total. The Morgan fingerprint density at radius 2 is 1.95 bits per heavy atom. The number of amides is 3. The van der Waals surface area contributed by atoms with Crippen LogP contribution in [0.2, 0.25) is 0 Å². The molecular weight excluding hydrogens is 478 g/mol. The maximum Gasteiger partial charge on any atom is 0.336 e. The van der Waals surface area contributed by atoms with Crippen LogP contribution < -0.4 is 21.0 Å². The molecule has 2 fully saturated rings. The van der Waals surface area contributed by atoms with E-state index in [2.05, 4.69) is 10.6 Å². The smallest absolute Gasteiger partial charge is 0.336 e. The Labute approximate surface area is 215 Å². The number of carbonyl (C=O) groups is 3. The van der Waals surface area contributed by atoms with E-state index in [4.69, 9.17) is 9.15 Å². The molecule has 2 aliphatic rings. The molecule has 0 spiro atoms. The van der Waals surface area contributed by atoms with Gasteiger partial charge in [-0.15, -0.1) is 0 Å². The number of benzene rings is 1. The third-order valence-electron chi connectivity index (χ3n) is 7.35. The highest BCUT2D eigenvalue weighted by atomic mass is 16.5. The molecule has 1 aromatic carbocycles. The summed E-state index contributed by atoms with van der Waals surface area (Å²) < 4.78 is 10.8. The van der Waals surface area contributed by atoms with Gasteiger partial charge in [0, 0.05) is 36.5 Å². The fraction of sp³-hybridized carbons (Fsp3) is 0.556. The predicted molar refractivity (Wildman–Crippen MR) is 136 cm³/mol. The van der Waals surface area contributed by atoms with Crippen LogP contribution in [0, 0.1) is 5.92 Å². The zero-order valence-electron chi connectivity index (χ0n) is 21.2. The zero-order chi connectivity index (χ0) is 26.4. The van der Waals surface area contributed by atoms with Crippen molar-refractivity contribution in [3.8, 4) is 5.75 Å². The molecule has 0 unspecified atom stereocenters. The van der Waals surface area contributed by atoms with E-state index >= 15 is 0 Å². The number of fused-ring (bicyclic) bond motifs is 2. The molecule has 1 aromatic heterocycles. The van der Waals surface area contributed by atoms with Gasteiger partial charge in [0.15, 0.2) is 6.61 Å². The van der Waals surface area contributed by atoms with Gasteiger partial charge in [-0.3, -0.25) is 14.4 Å². The van der Waals surface area contributed by atoms with Crippen LogP contribution in [0.1, 0.15) is 51.0 Å². The van der Waals surface area contributed by atoms with Crippen molar-refractivity contribution < 1.29 is 28.6 Å². The van der Waals surface area contributed by atoms with E-state index in [1.807, 2.05) is 6.92 Å². The van der Waals surface area contributed by atoms with Gasteiger partial charge in [0.05, 0.1) is 18.7 Å². The third-order valence-corrected chi connectivity index (χ3v) is 7.35. The molecular formula is C27H35N3O7. The van der Waals surface area contributed by atoms with E-state index in [0.29, 0.717) is 30.8 Å². The number of piperidine rings is 1. The first-order valence-corrected chi connectivity index (χ1v) is 13.0. The molecule has 2 aromatic rings. The zero-order valence-corrected chi connectivity index (χ0v) is 21.2. The van der Waals surface area contributed by atoms with Gasteiger partial charge in [0.2, 0.25) is 11.8 Å². The second-order valence-electron chi connectivity index (χ2n) is 9.98. The molecule has 2 heterocycles. The molecule has 1 aliphatic carbocycles. The second kappa shape index (κ2) is 11.8. The monoisotopic (exact) mass is 513 g/mol. The van der Waals surface area contributed by atoms with Crippen LogP contribution in [-0.4, -0.2) is 66.1 Å². The van der Waals surface area contributed by atoms with Gasteiger partial charge in [-0.25, -0.2) is 4.79 Å². The van der Waals surface area contributed by atoms with Crippen molar-refractivity contribution >= 4 is 28.7 Å². The number of likely N-dealkylation sites (tertiary alicyclic amines) is 1. The van der Waals surface area contributed by atoms with E-state index < -0.39 is 23.0 Å². The van der Waals surface area contributed by atoms with Crippen LogP contribution in [0.3, 0.4) is 0 Å². The van der Waals surface area contributed by atoms with Crippen LogP contribution in [-0.2, 0) is 20.8 Å². The number of aliphatic hydroxyl groups is 1. The Bertz CT molecular complexity index is 1210. The van der Waals surface area contributed by atoms with E-state index in [-0.39, 0.29) is 31.5 Å². The van der Waals surface area contributed by atoms with Crippen molar-refractivity contribution in [3.05, 3.63) is 40.2 Å². The van der Waals surface area contributed by atoms with Crippen molar-refractivity contribution in [1.82, 2.24) is 15.5 Å². The van der Waals surface area contributed by atoms with Crippen LogP contribution >= 0.6 is 0 Å². The lowest BCUT2D eigenvalue weighted by Crippen LogP contribution is -2.56. The Hall–Kier alpha value is -3.40. The van der Waals surface area contributed by atoms with Crippen molar-refractivity contribution in [2.45, 2.75) is 57.5 Å². The minimum absolute atomic E-state index is 0.0889. The number of nitrogens with one attached hydrogen (secondary N) is 2. The molecule has 200 valence electrons. The molecule has 37 heavy (non-hydrogen) atoms. The number of ether oxygens (including phenoxy) is 1. The van der Waals surface area contributed by atoms with E-state index in [1.165, 1.54) is 6.07 Å². The summed E-state index contributed by atoms with van der Waals surface area (Å²) in [6, 6.07) is 6.54. The first-order valence-electron chi connectivity index (χ1n) is 13.0. The lowest BCUT2D eigenvalue weighted by molar-refractivity contribution is -0.143. The van der Waals surface area contributed by atoms with Crippen LogP contribution in [0.5, 0.6) is 5.75 Å². The lowest BCUT2D eigenvalue weighted by atomic mass is 9.71. The second-order valence-corrected chi connectivity index (χ2v) is 9.98. The normalized spacial score (nSPS) is 21.2. The Morgan fingerprint density at radius 1 is 1.14 bits per heavy atom. The van der Waals surface area contributed by atoms with Gasteiger partial charge in [-0.05, 0) is 43.4 Å². The fourth-order valence-electron chi connectivity index (χ4n) is 5.30. The van der Waals surface area contributed by atoms with Crippen molar-refractivity contribution in [3.63, 3.8) is 0 Å². The molecule has 3 amide bonds. The third kappa shape index (κ3) is 6.68. The molecule has 1 saturated heterocycles. The van der Waals surface area contributed by atoms with Crippen LogP contribution in [0.15, 0.2) is 33.5 Å². The van der Waals surface area contributed by atoms with Gasteiger partial charge in [0.25, 0.3) is 5.91 Å². The van der Waals surface area contributed by atoms with E-state index in [0.717, 1.165) is 49.5 Å². The van der Waals surface area contributed by atoms with Crippen LogP contribution in [0.25, 0.3) is 11.0 Å². The topological polar surface area (TPSA) is 138 Å². The quantitative estimate of drug-likeness (QED) is 0.432. The first kappa shape index (κ1) is 26.7. The maximum atomic E-state index is 12.5. The highest BCUT2D eigenvalue weighted by molar-refractivity contribution is 5.88. The summed E-state index contributed by atoms with van der Waals surface area (Å²) in [4.78, 5) is 50.3. The predicted octanol–water partition coefficient (Wildman–Crippen LogP) is 1.51. The summed E-state index contributed by atoms with van der Waals surface area (Å²) in [5.41, 5.74) is 0.188. The summed E-state index contributed by atoms with van der Waals surface area (Å²) in [6.45, 7) is 2.25. The lowest BCUT2D eigenvalue weighted by Gasteiger charge is -2.47. The van der Waals surface area contributed by atoms with Crippen molar-refractivity contribution in [2.75, 3.05) is 32.8 Å². The molecule has 10 heteroatoms.